The van der Waals surface area contributed by atoms with E-state index in [1.165, 1.54) is 16.7 Å². The first-order valence-electron chi connectivity index (χ1n) is 7.58. The molecule has 0 N–H and O–H groups in total. The standard InChI is InChI=1S/C16H21NO3.BrH/c1-19-13-3-2-12-5-7-17-6-4-11-10-20-15(18)8-14(11)16(12,17)9-13;/h2,13H,3-10H2,1H3;1H. The van der Waals surface area contributed by atoms with Gasteiger partial charge >= 0.3 is 5.97 Å². The summed E-state index contributed by atoms with van der Waals surface area (Å²) in [6.45, 7) is 2.72. The van der Waals surface area contributed by atoms with Crippen molar-refractivity contribution < 1.29 is 14.3 Å². The van der Waals surface area contributed by atoms with Crippen molar-refractivity contribution in [3.8, 4) is 0 Å². The minimum Gasteiger partial charge on any atom is -0.461 e. The molecule has 0 radical (unpaired) electrons. The Kier molecular flexibility index (Phi) is 4.01. The summed E-state index contributed by atoms with van der Waals surface area (Å²) in [6, 6.07) is 0. The lowest BCUT2D eigenvalue weighted by molar-refractivity contribution is -0.143. The van der Waals surface area contributed by atoms with E-state index in [-0.39, 0.29) is 34.6 Å². The second-order valence-electron chi connectivity index (χ2n) is 6.29. The Bertz CT molecular complexity index is 528. The molecule has 0 bridgehead atoms. The summed E-state index contributed by atoms with van der Waals surface area (Å²) in [6.07, 6.45) is 7.31. The van der Waals surface area contributed by atoms with Gasteiger partial charge in [-0.05, 0) is 42.4 Å². The van der Waals surface area contributed by atoms with E-state index >= 15 is 0 Å². The summed E-state index contributed by atoms with van der Waals surface area (Å²) in [4.78, 5) is 14.4. The van der Waals surface area contributed by atoms with Crippen LogP contribution in [0.4, 0.5) is 0 Å². The quantitative estimate of drug-likeness (QED) is 0.534. The third-order valence-corrected chi connectivity index (χ3v) is 5.54. The normalized spacial score (nSPS) is 35.2. The van der Waals surface area contributed by atoms with Gasteiger partial charge in [-0.15, -0.1) is 17.0 Å². The Morgan fingerprint density at radius 3 is 3.00 bits per heavy atom. The monoisotopic (exact) mass is 355 g/mol. The van der Waals surface area contributed by atoms with Crippen LogP contribution in [0.25, 0.3) is 0 Å². The third-order valence-electron chi connectivity index (χ3n) is 5.54. The molecule has 116 valence electrons. The molecule has 4 rings (SSSR count). The van der Waals surface area contributed by atoms with E-state index < -0.39 is 0 Å². The first-order valence-corrected chi connectivity index (χ1v) is 7.58. The van der Waals surface area contributed by atoms with E-state index in [2.05, 4.69) is 11.0 Å². The highest BCUT2D eigenvalue weighted by atomic mass is 79.9. The van der Waals surface area contributed by atoms with Crippen LogP contribution in [0, 0.1) is 0 Å². The maximum absolute atomic E-state index is 11.8. The summed E-state index contributed by atoms with van der Waals surface area (Å²) in [7, 11) is 1.80. The van der Waals surface area contributed by atoms with Crippen LogP contribution < -0.4 is 0 Å². The van der Waals surface area contributed by atoms with Gasteiger partial charge in [-0.3, -0.25) is 9.69 Å². The molecule has 21 heavy (non-hydrogen) atoms. The number of hydrogen-bond acceptors (Lipinski definition) is 4. The number of nitrogens with zero attached hydrogens (tertiary/aromatic N) is 1. The highest BCUT2D eigenvalue weighted by molar-refractivity contribution is 8.93. The van der Waals surface area contributed by atoms with Gasteiger partial charge in [0.15, 0.2) is 0 Å². The van der Waals surface area contributed by atoms with Gasteiger partial charge in [0.1, 0.15) is 6.61 Å². The van der Waals surface area contributed by atoms with Gasteiger partial charge in [-0.25, -0.2) is 0 Å². The molecule has 1 spiro atoms. The van der Waals surface area contributed by atoms with Crippen LogP contribution in [0.1, 0.15) is 32.1 Å². The van der Waals surface area contributed by atoms with Crippen LogP contribution in [0.15, 0.2) is 22.8 Å². The zero-order valence-corrected chi connectivity index (χ0v) is 14.1. The Balaban J connectivity index is 0.00000132. The molecule has 5 heteroatoms. The number of ether oxygens (including phenoxy) is 2. The van der Waals surface area contributed by atoms with Crippen LogP contribution >= 0.6 is 17.0 Å². The van der Waals surface area contributed by atoms with E-state index in [4.69, 9.17) is 9.47 Å². The average Bonchev–Trinajstić information content (AvgIpc) is 2.86. The summed E-state index contributed by atoms with van der Waals surface area (Å²) < 4.78 is 10.9. The number of hydrogen-bond donors (Lipinski definition) is 0. The van der Waals surface area contributed by atoms with Crippen molar-refractivity contribution in [1.29, 1.82) is 0 Å². The Morgan fingerprint density at radius 1 is 1.38 bits per heavy atom. The first kappa shape index (κ1) is 15.3. The lowest BCUT2D eigenvalue weighted by Crippen LogP contribution is -2.54. The fourth-order valence-electron chi connectivity index (χ4n) is 4.57. The predicted octanol–water partition coefficient (Wildman–Crippen LogP) is 2.39. The van der Waals surface area contributed by atoms with Gasteiger partial charge in [-0.1, -0.05) is 6.08 Å². The summed E-state index contributed by atoms with van der Waals surface area (Å²) in [5, 5.41) is 0. The molecule has 0 aromatic rings. The Morgan fingerprint density at radius 2 is 2.19 bits per heavy atom. The minimum absolute atomic E-state index is 0. The zero-order chi connectivity index (χ0) is 13.7. The van der Waals surface area contributed by atoms with Crippen molar-refractivity contribution in [3.63, 3.8) is 0 Å². The lowest BCUT2D eigenvalue weighted by atomic mass is 9.69. The van der Waals surface area contributed by atoms with Crippen LogP contribution in [-0.2, 0) is 14.3 Å². The molecular weight excluding hydrogens is 334 g/mol. The van der Waals surface area contributed by atoms with E-state index in [9.17, 15) is 4.79 Å². The van der Waals surface area contributed by atoms with Crippen molar-refractivity contribution in [1.82, 2.24) is 4.90 Å². The fraction of sp³-hybridized carbons (Fsp3) is 0.688. The molecule has 0 aromatic carbocycles. The zero-order valence-electron chi connectivity index (χ0n) is 12.4. The van der Waals surface area contributed by atoms with Crippen LogP contribution in [0.5, 0.6) is 0 Å². The molecule has 1 fully saturated rings. The van der Waals surface area contributed by atoms with Crippen molar-refractivity contribution >= 4 is 23.0 Å². The van der Waals surface area contributed by atoms with E-state index in [1.54, 1.807) is 7.11 Å². The van der Waals surface area contributed by atoms with Crippen molar-refractivity contribution in [3.05, 3.63) is 22.8 Å². The minimum atomic E-state index is -0.0641. The molecule has 3 aliphatic heterocycles. The van der Waals surface area contributed by atoms with Gasteiger partial charge in [-0.2, -0.15) is 0 Å². The highest BCUT2D eigenvalue weighted by Gasteiger charge is 2.53. The molecule has 4 nitrogen and oxygen atoms in total. The second-order valence-corrected chi connectivity index (χ2v) is 6.29. The number of methoxy groups -OCH3 is 1. The van der Waals surface area contributed by atoms with Gasteiger partial charge in [0.25, 0.3) is 0 Å². The number of carbonyl (C=O) groups excluding carboxylic acids is 1. The van der Waals surface area contributed by atoms with Crippen LogP contribution in [0.3, 0.4) is 0 Å². The molecule has 3 heterocycles. The van der Waals surface area contributed by atoms with E-state index in [0.29, 0.717) is 13.0 Å². The molecule has 0 amide bonds. The van der Waals surface area contributed by atoms with Gasteiger partial charge < -0.3 is 9.47 Å². The van der Waals surface area contributed by atoms with Gasteiger partial charge in [0, 0.05) is 20.2 Å². The van der Waals surface area contributed by atoms with Gasteiger partial charge in [0.2, 0.25) is 0 Å². The molecular formula is C16H22BrNO3. The van der Waals surface area contributed by atoms with Crippen molar-refractivity contribution in [2.24, 2.45) is 0 Å². The molecule has 2 unspecified atom stereocenters. The number of carbonyl (C=O) groups is 1. The van der Waals surface area contributed by atoms with Crippen molar-refractivity contribution in [2.45, 2.75) is 43.7 Å². The number of halogens is 1. The van der Waals surface area contributed by atoms with Crippen LogP contribution in [0.2, 0.25) is 0 Å². The molecule has 1 saturated heterocycles. The molecule has 0 saturated carbocycles. The summed E-state index contributed by atoms with van der Waals surface area (Å²) in [5.74, 6) is -0.0641. The number of cyclic esters (lactones) is 1. The topological polar surface area (TPSA) is 38.8 Å². The Labute approximate surface area is 135 Å². The average molecular weight is 356 g/mol. The smallest absolute Gasteiger partial charge is 0.310 e. The predicted molar refractivity (Wildman–Crippen MR) is 84.6 cm³/mol. The second kappa shape index (κ2) is 5.52. The summed E-state index contributed by atoms with van der Waals surface area (Å²) in [5.41, 5.74) is 4.20. The number of rotatable bonds is 1. The highest BCUT2D eigenvalue weighted by Crippen LogP contribution is 2.52. The molecule has 2 atom stereocenters. The largest absolute Gasteiger partial charge is 0.461 e. The maximum atomic E-state index is 11.8. The first-order chi connectivity index (χ1) is 9.74. The van der Waals surface area contributed by atoms with E-state index in [1.807, 2.05) is 0 Å². The molecule has 1 aliphatic carbocycles. The lowest BCUT2D eigenvalue weighted by Gasteiger charge is -2.50. The molecule has 0 aromatic heterocycles. The fourth-order valence-corrected chi connectivity index (χ4v) is 4.57. The van der Waals surface area contributed by atoms with Crippen molar-refractivity contribution in [2.75, 3.05) is 26.8 Å². The maximum Gasteiger partial charge on any atom is 0.310 e. The van der Waals surface area contributed by atoms with Crippen LogP contribution in [-0.4, -0.2) is 49.3 Å². The third kappa shape index (κ3) is 2.13. The summed E-state index contributed by atoms with van der Waals surface area (Å²) >= 11 is 0. The SMILES string of the molecule is Br.COC1CC=C2CCN3CCC4=C(CC(=O)OC4)C23C1. The Hall–Kier alpha value is -0.650. The molecule has 4 aliphatic rings. The van der Waals surface area contributed by atoms with Gasteiger partial charge in [0.05, 0.1) is 18.1 Å². The van der Waals surface area contributed by atoms with E-state index in [0.717, 1.165) is 38.8 Å². The number of esters is 1.